The molecular formula is C13H18N2O4. The lowest BCUT2D eigenvalue weighted by molar-refractivity contribution is -0.168. The highest BCUT2D eigenvalue weighted by Crippen LogP contribution is 2.31. The van der Waals surface area contributed by atoms with Crippen LogP contribution < -0.4 is 5.56 Å². The topological polar surface area (TPSA) is 81.4 Å². The van der Waals surface area contributed by atoms with Crippen molar-refractivity contribution in [1.29, 1.82) is 0 Å². The normalized spacial score (nSPS) is 22.1. The van der Waals surface area contributed by atoms with Crippen LogP contribution in [0, 0.1) is 0 Å². The molecule has 0 fully saturated rings. The molecule has 1 aliphatic rings. The van der Waals surface area contributed by atoms with Gasteiger partial charge in [-0.2, -0.15) is 0 Å². The Hall–Kier alpha value is -1.69. The molecule has 6 nitrogen and oxygen atoms in total. The summed E-state index contributed by atoms with van der Waals surface area (Å²) in [6, 6.07) is 1.28. The van der Waals surface area contributed by atoms with Gasteiger partial charge in [0, 0.05) is 18.7 Å². The van der Waals surface area contributed by atoms with Gasteiger partial charge in [-0.25, -0.2) is 9.78 Å². The number of esters is 1. The van der Waals surface area contributed by atoms with Crippen LogP contribution in [0.5, 0.6) is 0 Å². The molecule has 0 spiro atoms. The van der Waals surface area contributed by atoms with Gasteiger partial charge in [-0.3, -0.25) is 9.36 Å². The van der Waals surface area contributed by atoms with E-state index in [9.17, 15) is 14.7 Å². The first-order valence-corrected chi connectivity index (χ1v) is 6.22. The number of aromatic nitrogens is 2. The molecule has 0 aromatic carbocycles. The number of carbonyl (C=O) groups is 1. The minimum atomic E-state index is -1.34. The summed E-state index contributed by atoms with van der Waals surface area (Å²) in [5, 5.41) is 9.67. The zero-order valence-corrected chi connectivity index (χ0v) is 11.3. The molecule has 0 aliphatic carbocycles. The smallest absolute Gasteiger partial charge is 0.335 e. The Morgan fingerprint density at radius 3 is 2.84 bits per heavy atom. The van der Waals surface area contributed by atoms with E-state index in [-0.39, 0.29) is 5.56 Å². The van der Waals surface area contributed by atoms with Crippen molar-refractivity contribution in [2.75, 3.05) is 6.61 Å². The number of hydrogen-bond acceptors (Lipinski definition) is 5. The van der Waals surface area contributed by atoms with Crippen molar-refractivity contribution >= 4 is 5.97 Å². The van der Waals surface area contributed by atoms with Crippen LogP contribution in [0.1, 0.15) is 33.0 Å². The van der Waals surface area contributed by atoms with Crippen molar-refractivity contribution < 1.29 is 14.6 Å². The highest BCUT2D eigenvalue weighted by molar-refractivity contribution is 5.80. The highest BCUT2D eigenvalue weighted by Gasteiger charge is 2.48. The molecular weight excluding hydrogens is 248 g/mol. The third-order valence-electron chi connectivity index (χ3n) is 3.15. The van der Waals surface area contributed by atoms with Crippen molar-refractivity contribution in [2.45, 2.75) is 44.8 Å². The van der Waals surface area contributed by atoms with Crippen LogP contribution in [0.3, 0.4) is 0 Å². The van der Waals surface area contributed by atoms with E-state index in [0.29, 0.717) is 18.7 Å². The van der Waals surface area contributed by atoms with Gasteiger partial charge in [-0.05, 0) is 27.2 Å². The van der Waals surface area contributed by atoms with Crippen LogP contribution in [0.25, 0.3) is 0 Å². The summed E-state index contributed by atoms with van der Waals surface area (Å²) in [6.45, 7) is 4.77. The number of hydrogen-bond donors (Lipinski definition) is 1. The molecule has 0 saturated heterocycles. The molecule has 1 aliphatic heterocycles. The summed E-state index contributed by atoms with van der Waals surface area (Å²) in [4.78, 5) is 28.4. The lowest BCUT2D eigenvalue weighted by Gasteiger charge is -2.31. The fourth-order valence-electron chi connectivity index (χ4n) is 2.29. The summed E-state index contributed by atoms with van der Waals surface area (Å²) < 4.78 is 6.61. The number of rotatable bonds is 2. The van der Waals surface area contributed by atoms with Crippen LogP contribution in [0.4, 0.5) is 0 Å². The van der Waals surface area contributed by atoms with E-state index in [4.69, 9.17) is 4.74 Å². The third kappa shape index (κ3) is 2.28. The quantitative estimate of drug-likeness (QED) is 0.774. The molecule has 1 atom stereocenters. The molecule has 1 unspecified atom stereocenters. The maximum atomic E-state index is 12.4. The van der Waals surface area contributed by atoms with E-state index >= 15 is 0 Å². The Labute approximate surface area is 111 Å². The van der Waals surface area contributed by atoms with Gasteiger partial charge in [-0.1, -0.05) is 0 Å². The first-order chi connectivity index (χ1) is 8.80. The average molecular weight is 266 g/mol. The molecule has 0 saturated carbocycles. The second-order valence-electron chi connectivity index (χ2n) is 5.73. The molecule has 1 aromatic heterocycles. The molecule has 2 heterocycles. The number of aliphatic hydroxyl groups is 1. The lowest BCUT2D eigenvalue weighted by Crippen LogP contribution is -2.50. The fraction of sp³-hybridized carbons (Fsp3) is 0.615. The van der Waals surface area contributed by atoms with Gasteiger partial charge in [0.1, 0.15) is 11.4 Å². The second kappa shape index (κ2) is 4.45. The molecule has 6 heteroatoms. The minimum Gasteiger partial charge on any atom is -0.458 e. The Morgan fingerprint density at radius 1 is 1.58 bits per heavy atom. The summed E-state index contributed by atoms with van der Waals surface area (Å²) in [6.07, 6.45) is 2.21. The standard InChI is InChI=1S/C13H18N2O4/c1-12(2,3)19-11(18)13(8-16)6-4-9-14-7-5-10(17)15(9)13/h5,7,16H,4,6,8H2,1-3H3. The maximum Gasteiger partial charge on any atom is 0.335 e. The second-order valence-corrected chi connectivity index (χ2v) is 5.73. The number of aryl methyl sites for hydroxylation is 1. The predicted octanol–water partition coefficient (Wildman–Crippen LogP) is 0.219. The van der Waals surface area contributed by atoms with Crippen molar-refractivity contribution in [3.8, 4) is 0 Å². The van der Waals surface area contributed by atoms with E-state index in [1.165, 1.54) is 16.8 Å². The van der Waals surface area contributed by atoms with Gasteiger partial charge < -0.3 is 9.84 Å². The molecule has 104 valence electrons. The van der Waals surface area contributed by atoms with Gasteiger partial charge in [0.15, 0.2) is 5.54 Å². The Bertz CT molecular complexity index is 558. The molecule has 19 heavy (non-hydrogen) atoms. The van der Waals surface area contributed by atoms with E-state index in [0.717, 1.165) is 0 Å². The van der Waals surface area contributed by atoms with E-state index < -0.39 is 23.7 Å². The fourth-order valence-corrected chi connectivity index (χ4v) is 2.29. The average Bonchev–Trinajstić information content (AvgIpc) is 2.68. The van der Waals surface area contributed by atoms with Crippen molar-refractivity contribution in [3.63, 3.8) is 0 Å². The van der Waals surface area contributed by atoms with Crippen molar-refractivity contribution in [1.82, 2.24) is 9.55 Å². The summed E-state index contributed by atoms with van der Waals surface area (Å²) in [7, 11) is 0. The van der Waals surface area contributed by atoms with Gasteiger partial charge >= 0.3 is 5.97 Å². The SMILES string of the molecule is CC(C)(C)OC(=O)C1(CO)CCc2nccc(=O)n21. The minimum absolute atomic E-state index is 0.324. The maximum absolute atomic E-state index is 12.4. The number of ether oxygens (including phenoxy) is 1. The largest absolute Gasteiger partial charge is 0.458 e. The number of nitrogens with zero attached hydrogens (tertiary/aromatic N) is 2. The first-order valence-electron chi connectivity index (χ1n) is 6.22. The van der Waals surface area contributed by atoms with E-state index in [2.05, 4.69) is 4.98 Å². The van der Waals surface area contributed by atoms with Crippen LogP contribution >= 0.6 is 0 Å². The van der Waals surface area contributed by atoms with Crippen molar-refractivity contribution in [3.05, 3.63) is 28.4 Å². The first kappa shape index (κ1) is 13.7. The monoisotopic (exact) mass is 266 g/mol. The molecule has 1 N–H and O–H groups in total. The van der Waals surface area contributed by atoms with Gasteiger partial charge in [0.2, 0.25) is 0 Å². The zero-order chi connectivity index (χ0) is 14.3. The predicted molar refractivity (Wildman–Crippen MR) is 67.7 cm³/mol. The molecule has 0 amide bonds. The molecule has 0 radical (unpaired) electrons. The summed E-state index contributed by atoms with van der Waals surface area (Å²) in [5.74, 6) is -0.0799. The Kier molecular flexibility index (Phi) is 3.22. The van der Waals surface area contributed by atoms with Crippen LogP contribution in [0.2, 0.25) is 0 Å². The van der Waals surface area contributed by atoms with E-state index in [1.54, 1.807) is 20.8 Å². The van der Waals surface area contributed by atoms with E-state index in [1.807, 2.05) is 0 Å². The summed E-state index contributed by atoms with van der Waals surface area (Å²) >= 11 is 0. The summed E-state index contributed by atoms with van der Waals surface area (Å²) in [5.41, 5.74) is -2.36. The molecule has 2 rings (SSSR count). The van der Waals surface area contributed by atoms with Gasteiger partial charge in [-0.15, -0.1) is 0 Å². The number of fused-ring (bicyclic) bond motifs is 1. The molecule has 1 aromatic rings. The Balaban J connectivity index is 2.49. The Morgan fingerprint density at radius 2 is 2.26 bits per heavy atom. The number of carbonyl (C=O) groups excluding carboxylic acids is 1. The molecule has 0 bridgehead atoms. The zero-order valence-electron chi connectivity index (χ0n) is 11.3. The lowest BCUT2D eigenvalue weighted by atomic mass is 9.97. The highest BCUT2D eigenvalue weighted by atomic mass is 16.6. The van der Waals surface area contributed by atoms with Gasteiger partial charge in [0.25, 0.3) is 5.56 Å². The van der Waals surface area contributed by atoms with Gasteiger partial charge in [0.05, 0.1) is 6.61 Å². The van der Waals surface area contributed by atoms with Crippen LogP contribution in [-0.4, -0.2) is 32.8 Å². The number of aliphatic hydroxyl groups excluding tert-OH is 1. The van der Waals surface area contributed by atoms with Crippen LogP contribution in [-0.2, 0) is 21.5 Å². The van der Waals surface area contributed by atoms with Crippen LogP contribution in [0.15, 0.2) is 17.1 Å². The van der Waals surface area contributed by atoms with Crippen molar-refractivity contribution in [2.24, 2.45) is 0 Å². The third-order valence-corrected chi connectivity index (χ3v) is 3.15.